The Morgan fingerprint density at radius 3 is 2.60 bits per heavy atom. The molecule has 2 aliphatic heterocycles. The minimum Gasteiger partial charge on any atom is -0.486 e. The lowest BCUT2D eigenvalue weighted by Crippen LogP contribution is -2.42. The first-order chi connectivity index (χ1) is 14.6. The largest absolute Gasteiger partial charge is 0.486 e. The normalized spacial score (nSPS) is 19.4. The van der Waals surface area contributed by atoms with Crippen LogP contribution < -0.4 is 9.47 Å². The van der Waals surface area contributed by atoms with Crippen LogP contribution in [-0.4, -0.2) is 47.9 Å². The third-order valence-corrected chi connectivity index (χ3v) is 4.93. The first kappa shape index (κ1) is 19.6. The van der Waals surface area contributed by atoms with Crippen molar-refractivity contribution in [2.75, 3.05) is 19.8 Å². The van der Waals surface area contributed by atoms with E-state index < -0.39 is 30.2 Å². The average Bonchev–Trinajstić information content (AvgIpc) is 3.18. The smallest absolute Gasteiger partial charge is 0.417 e. The van der Waals surface area contributed by atoms with Crippen molar-refractivity contribution in [2.24, 2.45) is 5.11 Å². The highest BCUT2D eigenvalue weighted by Crippen LogP contribution is 2.35. The van der Waals surface area contributed by atoms with E-state index in [9.17, 15) is 14.7 Å². The van der Waals surface area contributed by atoms with Gasteiger partial charge in [0.2, 0.25) is 5.91 Å². The molecule has 2 aromatic carbocycles. The number of carbonyl (C=O) groups is 2. The number of fused-ring (bicyclic) bond motifs is 1. The monoisotopic (exact) mass is 410 g/mol. The van der Waals surface area contributed by atoms with Crippen molar-refractivity contribution in [1.29, 1.82) is 0 Å². The summed E-state index contributed by atoms with van der Waals surface area (Å²) in [6.45, 7) is 0.730. The standard InChI is InChI=1S/C20H18N4O6/c21-23-22-17(18(25)13-6-7-15-16(10-13)29-9-8-28-15)19(26)24-14(11-30-20(24)27)12-4-2-1-3-5-12/h1-7,10,14,17-18,25H,8-9,11H2/t14-,17?,18-/m1/s1. The zero-order valence-electron chi connectivity index (χ0n) is 15.7. The maximum absolute atomic E-state index is 13.2. The lowest BCUT2D eigenvalue weighted by Gasteiger charge is -2.26. The fraction of sp³-hybridized carbons (Fsp3) is 0.300. The number of benzene rings is 2. The molecule has 1 N–H and O–H groups in total. The third-order valence-electron chi connectivity index (χ3n) is 4.93. The number of aliphatic hydroxyl groups is 1. The highest BCUT2D eigenvalue weighted by Gasteiger charge is 2.43. The molecule has 1 fully saturated rings. The van der Waals surface area contributed by atoms with Gasteiger partial charge in [-0.15, -0.1) is 0 Å². The summed E-state index contributed by atoms with van der Waals surface area (Å²) in [5.41, 5.74) is 9.95. The van der Waals surface area contributed by atoms with Crippen LogP contribution in [0.3, 0.4) is 0 Å². The van der Waals surface area contributed by atoms with Gasteiger partial charge >= 0.3 is 6.09 Å². The number of ether oxygens (including phenoxy) is 3. The second kappa shape index (κ2) is 8.32. The van der Waals surface area contributed by atoms with Gasteiger partial charge in [0, 0.05) is 4.91 Å². The summed E-state index contributed by atoms with van der Waals surface area (Å²) in [4.78, 5) is 29.0. The van der Waals surface area contributed by atoms with Gasteiger partial charge in [0.25, 0.3) is 0 Å². The van der Waals surface area contributed by atoms with Crippen LogP contribution in [0.4, 0.5) is 4.79 Å². The van der Waals surface area contributed by atoms with Gasteiger partial charge in [-0.3, -0.25) is 4.79 Å². The number of imide groups is 1. The third kappa shape index (κ3) is 3.61. The van der Waals surface area contributed by atoms with E-state index in [0.717, 1.165) is 4.90 Å². The van der Waals surface area contributed by atoms with E-state index >= 15 is 0 Å². The van der Waals surface area contributed by atoms with E-state index in [1.54, 1.807) is 36.4 Å². The summed E-state index contributed by atoms with van der Waals surface area (Å²) in [6.07, 6.45) is -2.37. The predicted molar refractivity (Wildman–Crippen MR) is 103 cm³/mol. The van der Waals surface area contributed by atoms with Crippen molar-refractivity contribution in [3.63, 3.8) is 0 Å². The molecule has 0 bridgehead atoms. The second-order valence-corrected chi connectivity index (χ2v) is 6.71. The predicted octanol–water partition coefficient (Wildman–Crippen LogP) is 2.89. The van der Waals surface area contributed by atoms with Crippen LogP contribution in [0, 0.1) is 0 Å². The molecule has 1 saturated heterocycles. The van der Waals surface area contributed by atoms with Crippen LogP contribution in [0.2, 0.25) is 0 Å². The number of aliphatic hydroxyl groups excluding tert-OH is 1. The number of amides is 2. The van der Waals surface area contributed by atoms with Crippen LogP contribution in [0.5, 0.6) is 11.5 Å². The Morgan fingerprint density at radius 1 is 1.13 bits per heavy atom. The van der Waals surface area contributed by atoms with Crippen molar-refractivity contribution in [2.45, 2.75) is 18.2 Å². The van der Waals surface area contributed by atoms with Crippen molar-refractivity contribution in [3.8, 4) is 11.5 Å². The molecule has 154 valence electrons. The number of hydrogen-bond donors (Lipinski definition) is 1. The molecular formula is C20H18N4O6. The lowest BCUT2D eigenvalue weighted by molar-refractivity contribution is -0.133. The molecule has 3 atom stereocenters. The number of azide groups is 1. The maximum Gasteiger partial charge on any atom is 0.417 e. The van der Waals surface area contributed by atoms with Crippen molar-refractivity contribution in [1.82, 2.24) is 4.90 Å². The molecule has 10 heteroatoms. The molecular weight excluding hydrogens is 392 g/mol. The van der Waals surface area contributed by atoms with Crippen LogP contribution >= 0.6 is 0 Å². The minimum absolute atomic E-state index is 0.0301. The molecule has 0 saturated carbocycles. The van der Waals surface area contributed by atoms with Gasteiger partial charge in [0.05, 0.1) is 6.10 Å². The summed E-state index contributed by atoms with van der Waals surface area (Å²) < 4.78 is 16.0. The summed E-state index contributed by atoms with van der Waals surface area (Å²) in [6, 6.07) is 11.3. The molecule has 0 radical (unpaired) electrons. The highest BCUT2D eigenvalue weighted by atomic mass is 16.6. The first-order valence-electron chi connectivity index (χ1n) is 9.26. The molecule has 2 heterocycles. The Balaban J connectivity index is 1.64. The lowest BCUT2D eigenvalue weighted by atomic mass is 9.99. The van der Waals surface area contributed by atoms with Crippen LogP contribution in [0.1, 0.15) is 23.3 Å². The molecule has 4 rings (SSSR count). The van der Waals surface area contributed by atoms with E-state index in [2.05, 4.69) is 10.0 Å². The Kier molecular flexibility index (Phi) is 5.42. The van der Waals surface area contributed by atoms with Crippen molar-refractivity contribution >= 4 is 12.0 Å². The van der Waals surface area contributed by atoms with E-state index in [1.165, 1.54) is 6.07 Å². The molecule has 2 aromatic rings. The second-order valence-electron chi connectivity index (χ2n) is 6.71. The van der Waals surface area contributed by atoms with Gasteiger partial charge < -0.3 is 19.3 Å². The zero-order chi connectivity index (χ0) is 21.1. The number of hydrogen-bond acceptors (Lipinski definition) is 7. The number of rotatable bonds is 5. The van der Waals surface area contributed by atoms with E-state index in [4.69, 9.17) is 19.7 Å². The van der Waals surface area contributed by atoms with Crippen molar-refractivity contribution < 1.29 is 28.9 Å². The molecule has 30 heavy (non-hydrogen) atoms. The zero-order valence-corrected chi connectivity index (χ0v) is 15.7. The van der Waals surface area contributed by atoms with Crippen LogP contribution in [0.25, 0.3) is 10.4 Å². The van der Waals surface area contributed by atoms with Crippen molar-refractivity contribution in [3.05, 3.63) is 70.1 Å². The SMILES string of the molecule is [N-]=[N+]=NC(C(=O)N1C(=O)OC[C@@H]1c1ccccc1)[C@H](O)c1ccc2c(c1)OCCO2. The summed E-state index contributed by atoms with van der Waals surface area (Å²) in [7, 11) is 0. The topological polar surface area (TPSA) is 134 Å². The molecule has 0 spiro atoms. The Hall–Kier alpha value is -3.75. The molecule has 10 nitrogen and oxygen atoms in total. The molecule has 0 aromatic heterocycles. The first-order valence-corrected chi connectivity index (χ1v) is 9.26. The molecule has 0 aliphatic carbocycles. The number of carbonyl (C=O) groups excluding carboxylic acids is 2. The molecule has 2 amide bonds. The van der Waals surface area contributed by atoms with Gasteiger partial charge in [-0.05, 0) is 28.8 Å². The van der Waals surface area contributed by atoms with Gasteiger partial charge in [-0.2, -0.15) is 0 Å². The van der Waals surface area contributed by atoms with Gasteiger partial charge in [0.1, 0.15) is 31.9 Å². The minimum atomic E-state index is -1.57. The van der Waals surface area contributed by atoms with E-state index in [0.29, 0.717) is 30.3 Å². The number of cyclic esters (lactones) is 1. The summed E-state index contributed by atoms with van der Waals surface area (Å²) >= 11 is 0. The van der Waals surface area contributed by atoms with Gasteiger partial charge in [-0.1, -0.05) is 41.5 Å². The van der Waals surface area contributed by atoms with Crippen LogP contribution in [0.15, 0.2) is 53.6 Å². The molecule has 2 aliphatic rings. The Labute approximate surface area is 171 Å². The maximum atomic E-state index is 13.2. The van der Waals surface area contributed by atoms with Gasteiger partial charge in [-0.25, -0.2) is 9.69 Å². The molecule has 1 unspecified atom stereocenters. The Bertz CT molecular complexity index is 1010. The van der Waals surface area contributed by atoms with Crippen LogP contribution in [-0.2, 0) is 9.53 Å². The fourth-order valence-corrected chi connectivity index (χ4v) is 3.46. The summed E-state index contributed by atoms with van der Waals surface area (Å²) in [5, 5.41) is 14.3. The quantitative estimate of drug-likeness (QED) is 0.458. The summed E-state index contributed by atoms with van der Waals surface area (Å²) in [5.74, 6) is 0.0651. The number of nitrogens with zero attached hydrogens (tertiary/aromatic N) is 4. The Morgan fingerprint density at radius 2 is 1.87 bits per heavy atom. The van der Waals surface area contributed by atoms with Gasteiger partial charge in [0.15, 0.2) is 11.5 Å². The average molecular weight is 410 g/mol. The van der Waals surface area contributed by atoms with E-state index in [1.807, 2.05) is 6.07 Å². The fourth-order valence-electron chi connectivity index (χ4n) is 3.46. The van der Waals surface area contributed by atoms with E-state index in [-0.39, 0.29) is 12.2 Å². The highest BCUT2D eigenvalue weighted by molar-refractivity contribution is 5.97.